The molecule has 0 atom stereocenters. The molecule has 0 aliphatic carbocycles. The summed E-state index contributed by atoms with van der Waals surface area (Å²) in [6.45, 7) is 0. The van der Waals surface area contributed by atoms with Crippen LogP contribution in [-0.2, 0) is 7.05 Å². The van der Waals surface area contributed by atoms with Crippen LogP contribution in [0.5, 0.6) is 0 Å². The Kier molecular flexibility index (Phi) is 3.16. The number of nitrogens with zero attached hydrogens (tertiary/aromatic N) is 5. The monoisotopic (exact) mass is 279 g/mol. The molecule has 0 radical (unpaired) electrons. The van der Waals surface area contributed by atoms with Crippen molar-refractivity contribution in [1.29, 1.82) is 5.26 Å². The van der Waals surface area contributed by atoms with Gasteiger partial charge in [-0.25, -0.2) is 14.4 Å². The van der Waals surface area contributed by atoms with Gasteiger partial charge in [-0.1, -0.05) is 0 Å². The fourth-order valence-corrected chi connectivity index (χ4v) is 1.94. The summed E-state index contributed by atoms with van der Waals surface area (Å²) in [7, 11) is 1.79. The van der Waals surface area contributed by atoms with Crippen molar-refractivity contribution in [1.82, 2.24) is 19.7 Å². The van der Waals surface area contributed by atoms with Gasteiger partial charge in [-0.2, -0.15) is 10.4 Å². The first-order valence-electron chi connectivity index (χ1n) is 6.20. The molecule has 0 bridgehead atoms. The van der Waals surface area contributed by atoms with Crippen molar-refractivity contribution in [2.75, 3.05) is 0 Å². The molecule has 3 aromatic rings. The van der Waals surface area contributed by atoms with Crippen molar-refractivity contribution in [3.8, 4) is 28.8 Å². The van der Waals surface area contributed by atoms with E-state index in [-0.39, 0.29) is 5.82 Å². The Labute approximate surface area is 120 Å². The van der Waals surface area contributed by atoms with Gasteiger partial charge in [0.1, 0.15) is 23.3 Å². The van der Waals surface area contributed by atoms with Gasteiger partial charge in [0.05, 0.1) is 5.56 Å². The molecule has 0 saturated carbocycles. The molecule has 0 amide bonds. The number of hydrogen-bond acceptors (Lipinski definition) is 4. The van der Waals surface area contributed by atoms with E-state index in [9.17, 15) is 9.65 Å². The van der Waals surface area contributed by atoms with E-state index < -0.39 is 0 Å². The smallest absolute Gasteiger partial charge is 0.159 e. The lowest BCUT2D eigenvalue weighted by molar-refractivity contribution is 0.628. The highest BCUT2D eigenvalue weighted by Gasteiger charge is 2.12. The van der Waals surface area contributed by atoms with E-state index >= 15 is 0 Å². The standard InChI is InChI=1S/C15H10FN5/c1-21-7-6-13(20-21)14-11(8-17)9-18-15(19-14)10-2-4-12(16)5-3-10/h2-7,9H,1H3. The van der Waals surface area contributed by atoms with E-state index in [1.807, 2.05) is 0 Å². The van der Waals surface area contributed by atoms with Gasteiger partial charge in [-0.15, -0.1) is 0 Å². The quantitative estimate of drug-likeness (QED) is 0.723. The first kappa shape index (κ1) is 12.9. The molecule has 2 aromatic heterocycles. The molecular weight excluding hydrogens is 269 g/mol. The molecule has 102 valence electrons. The van der Waals surface area contributed by atoms with Gasteiger partial charge in [0, 0.05) is 25.0 Å². The third kappa shape index (κ3) is 2.49. The highest BCUT2D eigenvalue weighted by Crippen LogP contribution is 2.22. The minimum Gasteiger partial charge on any atom is -0.275 e. The highest BCUT2D eigenvalue weighted by molar-refractivity contribution is 5.66. The van der Waals surface area contributed by atoms with Crippen molar-refractivity contribution >= 4 is 0 Å². The van der Waals surface area contributed by atoms with Crippen LogP contribution in [-0.4, -0.2) is 19.7 Å². The molecular formula is C15H10FN5. The second-order valence-corrected chi connectivity index (χ2v) is 4.45. The number of nitriles is 1. The van der Waals surface area contributed by atoms with Gasteiger partial charge in [0.25, 0.3) is 0 Å². The number of benzene rings is 1. The molecule has 0 spiro atoms. The SMILES string of the molecule is Cn1ccc(-c2nc(-c3ccc(F)cc3)ncc2C#N)n1. The van der Waals surface area contributed by atoms with Crippen LogP contribution >= 0.6 is 0 Å². The van der Waals surface area contributed by atoms with E-state index in [1.165, 1.54) is 18.3 Å². The minimum absolute atomic E-state index is 0.322. The summed E-state index contributed by atoms with van der Waals surface area (Å²) in [5.74, 6) is 0.104. The van der Waals surface area contributed by atoms with E-state index in [2.05, 4.69) is 21.1 Å². The molecule has 2 heterocycles. The van der Waals surface area contributed by atoms with Gasteiger partial charge in [0.15, 0.2) is 5.82 Å². The Hall–Kier alpha value is -3.07. The minimum atomic E-state index is -0.322. The topological polar surface area (TPSA) is 67.4 Å². The maximum Gasteiger partial charge on any atom is 0.159 e. The van der Waals surface area contributed by atoms with E-state index in [4.69, 9.17) is 0 Å². The zero-order chi connectivity index (χ0) is 14.8. The molecule has 0 aliphatic rings. The molecule has 0 aliphatic heterocycles. The summed E-state index contributed by atoms with van der Waals surface area (Å²) in [6, 6.07) is 9.71. The normalized spacial score (nSPS) is 10.3. The Morgan fingerprint density at radius 1 is 1.19 bits per heavy atom. The Morgan fingerprint density at radius 2 is 1.95 bits per heavy atom. The van der Waals surface area contributed by atoms with Crippen LogP contribution < -0.4 is 0 Å². The van der Waals surface area contributed by atoms with E-state index in [1.54, 1.807) is 36.1 Å². The number of hydrogen-bond donors (Lipinski definition) is 0. The summed E-state index contributed by atoms with van der Waals surface area (Å²) >= 11 is 0. The van der Waals surface area contributed by atoms with Crippen LogP contribution in [0.4, 0.5) is 4.39 Å². The van der Waals surface area contributed by atoms with Crippen molar-refractivity contribution in [3.63, 3.8) is 0 Å². The predicted octanol–water partition coefficient (Wildman–Crippen LogP) is 2.55. The van der Waals surface area contributed by atoms with Gasteiger partial charge in [-0.3, -0.25) is 4.68 Å². The van der Waals surface area contributed by atoms with Crippen LogP contribution in [0, 0.1) is 17.1 Å². The summed E-state index contributed by atoms with van der Waals surface area (Å²) in [6.07, 6.45) is 3.23. The largest absolute Gasteiger partial charge is 0.275 e. The molecule has 0 fully saturated rings. The lowest BCUT2D eigenvalue weighted by atomic mass is 10.1. The fraction of sp³-hybridized carbons (Fsp3) is 0.0667. The molecule has 0 saturated heterocycles. The van der Waals surface area contributed by atoms with Crippen LogP contribution in [0.25, 0.3) is 22.8 Å². The second-order valence-electron chi connectivity index (χ2n) is 4.45. The summed E-state index contributed by atoms with van der Waals surface area (Å²) < 4.78 is 14.6. The maximum absolute atomic E-state index is 13.0. The highest BCUT2D eigenvalue weighted by atomic mass is 19.1. The van der Waals surface area contributed by atoms with E-state index in [0.29, 0.717) is 28.3 Å². The predicted molar refractivity (Wildman–Crippen MR) is 74.3 cm³/mol. The summed E-state index contributed by atoms with van der Waals surface area (Å²) in [5.41, 5.74) is 2.09. The molecule has 1 aromatic carbocycles. The molecule has 5 nitrogen and oxygen atoms in total. The summed E-state index contributed by atoms with van der Waals surface area (Å²) in [4.78, 5) is 8.55. The first-order valence-corrected chi connectivity index (χ1v) is 6.20. The molecule has 21 heavy (non-hydrogen) atoms. The molecule has 6 heteroatoms. The lowest BCUT2D eigenvalue weighted by Crippen LogP contribution is -1.97. The van der Waals surface area contributed by atoms with E-state index in [0.717, 1.165) is 0 Å². The number of aryl methyl sites for hydroxylation is 1. The Bertz CT molecular complexity index is 830. The van der Waals surface area contributed by atoms with Crippen molar-refractivity contribution in [2.45, 2.75) is 0 Å². The second kappa shape index (κ2) is 5.13. The number of aromatic nitrogens is 4. The Morgan fingerprint density at radius 3 is 2.57 bits per heavy atom. The van der Waals surface area contributed by atoms with Gasteiger partial charge >= 0.3 is 0 Å². The van der Waals surface area contributed by atoms with Crippen molar-refractivity contribution < 1.29 is 4.39 Å². The maximum atomic E-state index is 13.0. The van der Waals surface area contributed by atoms with Crippen LogP contribution in [0.15, 0.2) is 42.7 Å². The third-order valence-electron chi connectivity index (χ3n) is 2.97. The van der Waals surface area contributed by atoms with Crippen molar-refractivity contribution in [3.05, 3.63) is 54.1 Å². The number of rotatable bonds is 2. The van der Waals surface area contributed by atoms with Gasteiger partial charge < -0.3 is 0 Å². The van der Waals surface area contributed by atoms with Crippen molar-refractivity contribution in [2.24, 2.45) is 7.05 Å². The summed E-state index contributed by atoms with van der Waals surface area (Å²) in [5, 5.41) is 13.4. The van der Waals surface area contributed by atoms with Gasteiger partial charge in [-0.05, 0) is 30.3 Å². The molecule has 0 N–H and O–H groups in total. The lowest BCUT2D eigenvalue weighted by Gasteiger charge is -2.04. The first-order chi connectivity index (χ1) is 10.2. The van der Waals surface area contributed by atoms with Crippen LogP contribution in [0.3, 0.4) is 0 Å². The zero-order valence-electron chi connectivity index (χ0n) is 11.2. The van der Waals surface area contributed by atoms with Crippen LogP contribution in [0.2, 0.25) is 0 Å². The molecule has 3 rings (SSSR count). The fourth-order valence-electron chi connectivity index (χ4n) is 1.94. The average Bonchev–Trinajstić information content (AvgIpc) is 2.94. The number of halogens is 1. The molecule has 0 unspecified atom stereocenters. The average molecular weight is 279 g/mol. The van der Waals surface area contributed by atoms with Gasteiger partial charge in [0.2, 0.25) is 0 Å². The Balaban J connectivity index is 2.13. The zero-order valence-corrected chi connectivity index (χ0v) is 11.2. The van der Waals surface area contributed by atoms with Crippen LogP contribution in [0.1, 0.15) is 5.56 Å². The third-order valence-corrected chi connectivity index (χ3v) is 2.97.